The van der Waals surface area contributed by atoms with Crippen LogP contribution in [-0.4, -0.2) is 16.6 Å². The molecule has 0 spiro atoms. The first-order chi connectivity index (χ1) is 9.63. The number of aromatic nitrogens is 1. The van der Waals surface area contributed by atoms with Gasteiger partial charge in [-0.3, -0.25) is 0 Å². The summed E-state index contributed by atoms with van der Waals surface area (Å²) in [4.78, 5) is 4.16. The summed E-state index contributed by atoms with van der Waals surface area (Å²) < 4.78 is 13.9. The van der Waals surface area contributed by atoms with Crippen molar-refractivity contribution in [2.75, 3.05) is 11.9 Å². The molecule has 0 saturated carbocycles. The predicted octanol–water partition coefficient (Wildman–Crippen LogP) is 3.51. The van der Waals surface area contributed by atoms with E-state index in [2.05, 4.69) is 31.5 Å². The van der Waals surface area contributed by atoms with Crippen LogP contribution in [0.15, 0.2) is 47.1 Å². The first kappa shape index (κ1) is 14.9. The number of halogens is 2. The number of thiocarbonyl (C=S) groups is 1. The van der Waals surface area contributed by atoms with Crippen LogP contribution >= 0.6 is 28.1 Å². The van der Waals surface area contributed by atoms with Crippen LogP contribution in [0.1, 0.15) is 5.56 Å². The van der Waals surface area contributed by atoms with Gasteiger partial charge in [0.05, 0.1) is 0 Å². The number of rotatable bonds is 4. The van der Waals surface area contributed by atoms with Gasteiger partial charge in [0.25, 0.3) is 0 Å². The number of hydrogen-bond acceptors (Lipinski definition) is 2. The minimum absolute atomic E-state index is 0.220. The van der Waals surface area contributed by atoms with Gasteiger partial charge in [-0.25, -0.2) is 9.37 Å². The summed E-state index contributed by atoms with van der Waals surface area (Å²) in [5, 5.41) is 6.54. The molecule has 0 radical (unpaired) electrons. The quantitative estimate of drug-likeness (QED) is 0.824. The molecule has 0 atom stereocenters. The second-order valence-electron chi connectivity index (χ2n) is 4.12. The van der Waals surface area contributed by atoms with E-state index >= 15 is 0 Å². The van der Waals surface area contributed by atoms with E-state index in [0.29, 0.717) is 23.9 Å². The molecule has 0 saturated heterocycles. The van der Waals surface area contributed by atoms with Gasteiger partial charge >= 0.3 is 0 Å². The van der Waals surface area contributed by atoms with Crippen molar-refractivity contribution in [3.05, 3.63) is 58.4 Å². The highest BCUT2D eigenvalue weighted by molar-refractivity contribution is 9.10. The molecule has 1 heterocycles. The lowest BCUT2D eigenvalue weighted by Gasteiger charge is -2.09. The molecule has 0 fully saturated rings. The van der Waals surface area contributed by atoms with Crippen molar-refractivity contribution in [3.63, 3.8) is 0 Å². The van der Waals surface area contributed by atoms with E-state index in [4.69, 9.17) is 12.2 Å². The van der Waals surface area contributed by atoms with Crippen molar-refractivity contribution in [3.8, 4) is 0 Å². The van der Waals surface area contributed by atoms with E-state index in [1.54, 1.807) is 12.3 Å². The number of anilines is 1. The molecule has 0 aliphatic heterocycles. The summed E-state index contributed by atoms with van der Waals surface area (Å²) in [6.45, 7) is 0.631. The minimum Gasteiger partial charge on any atom is -0.362 e. The van der Waals surface area contributed by atoms with E-state index in [9.17, 15) is 4.39 Å². The molecule has 104 valence electrons. The fraction of sp³-hybridized carbons (Fsp3) is 0.143. The van der Waals surface area contributed by atoms with E-state index in [1.807, 2.05) is 18.2 Å². The van der Waals surface area contributed by atoms with Crippen molar-refractivity contribution in [1.82, 2.24) is 10.3 Å². The number of benzene rings is 1. The standard InChI is InChI=1S/C14H13BrFN3S/c15-11-4-5-13(18-9-11)19-14(20)17-7-6-10-2-1-3-12(16)8-10/h1-5,8-9H,6-7H2,(H2,17,18,19,20). The highest BCUT2D eigenvalue weighted by atomic mass is 79.9. The number of nitrogens with zero attached hydrogens (tertiary/aromatic N) is 1. The second kappa shape index (κ2) is 7.31. The van der Waals surface area contributed by atoms with Crippen LogP contribution < -0.4 is 10.6 Å². The maximum atomic E-state index is 13.0. The molecular weight excluding hydrogens is 341 g/mol. The fourth-order valence-electron chi connectivity index (χ4n) is 1.62. The fourth-order valence-corrected chi connectivity index (χ4v) is 2.06. The molecule has 0 bridgehead atoms. The summed E-state index contributed by atoms with van der Waals surface area (Å²) in [5.41, 5.74) is 0.932. The van der Waals surface area contributed by atoms with Gasteiger partial charge in [-0.2, -0.15) is 0 Å². The lowest BCUT2D eigenvalue weighted by Crippen LogP contribution is -2.30. The Kier molecular flexibility index (Phi) is 5.43. The average Bonchev–Trinajstić information content (AvgIpc) is 2.41. The van der Waals surface area contributed by atoms with E-state index in [-0.39, 0.29) is 5.82 Å². The van der Waals surface area contributed by atoms with E-state index in [1.165, 1.54) is 12.1 Å². The molecule has 3 nitrogen and oxygen atoms in total. The lowest BCUT2D eigenvalue weighted by molar-refractivity contribution is 0.625. The average molecular weight is 354 g/mol. The summed E-state index contributed by atoms with van der Waals surface area (Å²) in [6.07, 6.45) is 2.39. The number of nitrogens with one attached hydrogen (secondary N) is 2. The third kappa shape index (κ3) is 4.86. The molecule has 2 aromatic rings. The molecule has 0 amide bonds. The molecular formula is C14H13BrFN3S. The Morgan fingerprint density at radius 3 is 2.85 bits per heavy atom. The van der Waals surface area contributed by atoms with Gasteiger partial charge in [0.2, 0.25) is 0 Å². The predicted molar refractivity (Wildman–Crippen MR) is 86.3 cm³/mol. The van der Waals surface area contributed by atoms with E-state index < -0.39 is 0 Å². The molecule has 20 heavy (non-hydrogen) atoms. The summed E-state index contributed by atoms with van der Waals surface area (Å²) in [6, 6.07) is 10.2. The van der Waals surface area contributed by atoms with Crippen molar-refractivity contribution in [2.45, 2.75) is 6.42 Å². The molecule has 1 aromatic heterocycles. The zero-order chi connectivity index (χ0) is 14.4. The Balaban J connectivity index is 1.76. The minimum atomic E-state index is -0.220. The third-order valence-corrected chi connectivity index (χ3v) is 3.27. The topological polar surface area (TPSA) is 37.0 Å². The highest BCUT2D eigenvalue weighted by Gasteiger charge is 1.99. The summed E-state index contributed by atoms with van der Waals surface area (Å²) in [5.74, 6) is 0.457. The lowest BCUT2D eigenvalue weighted by atomic mass is 10.1. The van der Waals surface area contributed by atoms with Gasteiger partial charge in [0, 0.05) is 17.2 Å². The van der Waals surface area contributed by atoms with Crippen LogP contribution in [0.4, 0.5) is 10.2 Å². The molecule has 0 aliphatic carbocycles. The number of pyridine rings is 1. The van der Waals surface area contributed by atoms with Crippen LogP contribution in [0, 0.1) is 5.82 Å². The van der Waals surface area contributed by atoms with Crippen LogP contribution in [0.2, 0.25) is 0 Å². The Labute approximate surface area is 130 Å². The van der Waals surface area contributed by atoms with Gasteiger partial charge in [0.15, 0.2) is 5.11 Å². The summed E-state index contributed by atoms with van der Waals surface area (Å²) >= 11 is 8.48. The Hall–Kier alpha value is -1.53. The van der Waals surface area contributed by atoms with Gasteiger partial charge in [-0.15, -0.1) is 0 Å². The first-order valence-electron chi connectivity index (χ1n) is 6.04. The van der Waals surface area contributed by atoms with Gasteiger partial charge in [-0.05, 0) is 64.4 Å². The summed E-state index contributed by atoms with van der Waals surface area (Å²) in [7, 11) is 0. The molecule has 0 unspecified atom stereocenters. The molecule has 2 N–H and O–H groups in total. The highest BCUT2D eigenvalue weighted by Crippen LogP contribution is 2.10. The first-order valence-corrected chi connectivity index (χ1v) is 7.24. The van der Waals surface area contributed by atoms with Crippen LogP contribution in [0.25, 0.3) is 0 Å². The molecule has 1 aromatic carbocycles. The zero-order valence-corrected chi connectivity index (χ0v) is 13.0. The van der Waals surface area contributed by atoms with Crippen molar-refractivity contribution < 1.29 is 4.39 Å². The molecule has 6 heteroatoms. The Morgan fingerprint density at radius 1 is 1.30 bits per heavy atom. The van der Waals surface area contributed by atoms with Gasteiger partial charge in [-0.1, -0.05) is 12.1 Å². The molecule has 2 rings (SSSR count). The SMILES string of the molecule is Fc1cccc(CCNC(=S)Nc2ccc(Br)cn2)c1. The smallest absolute Gasteiger partial charge is 0.171 e. The van der Waals surface area contributed by atoms with Crippen molar-refractivity contribution >= 4 is 39.1 Å². The van der Waals surface area contributed by atoms with Crippen LogP contribution in [0.3, 0.4) is 0 Å². The second-order valence-corrected chi connectivity index (χ2v) is 5.45. The largest absolute Gasteiger partial charge is 0.362 e. The van der Waals surface area contributed by atoms with Gasteiger partial charge in [0.1, 0.15) is 11.6 Å². The van der Waals surface area contributed by atoms with Crippen molar-refractivity contribution in [2.24, 2.45) is 0 Å². The Morgan fingerprint density at radius 2 is 2.15 bits per heavy atom. The zero-order valence-electron chi connectivity index (χ0n) is 10.6. The number of hydrogen-bond donors (Lipinski definition) is 2. The van der Waals surface area contributed by atoms with Crippen molar-refractivity contribution in [1.29, 1.82) is 0 Å². The Bertz CT molecular complexity index is 589. The van der Waals surface area contributed by atoms with E-state index in [0.717, 1.165) is 10.0 Å². The maximum Gasteiger partial charge on any atom is 0.171 e. The third-order valence-electron chi connectivity index (χ3n) is 2.56. The van der Waals surface area contributed by atoms with Crippen LogP contribution in [-0.2, 0) is 6.42 Å². The normalized spacial score (nSPS) is 10.1. The monoisotopic (exact) mass is 353 g/mol. The maximum absolute atomic E-state index is 13.0. The van der Waals surface area contributed by atoms with Crippen LogP contribution in [0.5, 0.6) is 0 Å². The molecule has 0 aliphatic rings. The van der Waals surface area contributed by atoms with Gasteiger partial charge < -0.3 is 10.6 Å².